The van der Waals surface area contributed by atoms with Crippen molar-refractivity contribution < 1.29 is 0 Å². The predicted molar refractivity (Wildman–Crippen MR) is 106 cm³/mol. The monoisotopic (exact) mass is 321 g/mol. The molecule has 0 saturated carbocycles. The van der Waals surface area contributed by atoms with Gasteiger partial charge >= 0.3 is 0 Å². The van der Waals surface area contributed by atoms with Crippen LogP contribution in [0.5, 0.6) is 0 Å². The van der Waals surface area contributed by atoms with Gasteiger partial charge in [-0.1, -0.05) is 72.0 Å². The van der Waals surface area contributed by atoms with Gasteiger partial charge in [-0.05, 0) is 43.2 Å². The molecule has 0 radical (unpaired) electrons. The van der Waals surface area contributed by atoms with Crippen LogP contribution in [0.15, 0.2) is 72.8 Å². The summed E-state index contributed by atoms with van der Waals surface area (Å²) in [4.78, 5) is 3.61. The molecule has 0 spiro atoms. The molecule has 3 aromatic carbocycles. The van der Waals surface area contributed by atoms with Crippen molar-refractivity contribution in [1.82, 2.24) is 4.98 Å². The summed E-state index contributed by atoms with van der Waals surface area (Å²) in [7, 11) is 0. The van der Waals surface area contributed by atoms with Crippen LogP contribution < -0.4 is 0 Å². The highest BCUT2D eigenvalue weighted by Crippen LogP contribution is 2.32. The summed E-state index contributed by atoms with van der Waals surface area (Å²) in [5, 5.41) is 1.19. The van der Waals surface area contributed by atoms with Gasteiger partial charge in [-0.15, -0.1) is 0 Å². The smallest absolute Gasteiger partial charge is 0.0624 e. The van der Waals surface area contributed by atoms with Gasteiger partial charge in [-0.25, -0.2) is 0 Å². The summed E-state index contributed by atoms with van der Waals surface area (Å²) in [6.45, 7) is 4.28. The van der Waals surface area contributed by atoms with Gasteiger partial charge in [0.25, 0.3) is 0 Å². The minimum Gasteiger partial charge on any atom is -0.353 e. The fraction of sp³-hybridized carbons (Fsp3) is 0.0833. The Hall–Kier alpha value is -3.24. The number of hydrogen-bond donors (Lipinski definition) is 1. The van der Waals surface area contributed by atoms with Crippen LogP contribution >= 0.6 is 0 Å². The maximum Gasteiger partial charge on any atom is 0.0624 e. The molecule has 1 nitrogen and oxygen atoms in total. The van der Waals surface area contributed by atoms with Crippen molar-refractivity contribution in [2.45, 2.75) is 13.8 Å². The van der Waals surface area contributed by atoms with E-state index in [1.165, 1.54) is 22.0 Å². The average Bonchev–Trinajstić information content (AvgIpc) is 3.00. The average molecular weight is 321 g/mol. The van der Waals surface area contributed by atoms with E-state index >= 15 is 0 Å². The van der Waals surface area contributed by atoms with Crippen molar-refractivity contribution in [1.29, 1.82) is 0 Å². The van der Waals surface area contributed by atoms with Crippen molar-refractivity contribution in [2.75, 3.05) is 0 Å². The second-order valence-corrected chi connectivity index (χ2v) is 6.36. The molecular formula is C24H19N. The van der Waals surface area contributed by atoms with E-state index in [0.717, 1.165) is 22.4 Å². The molecule has 0 bridgehead atoms. The fourth-order valence-electron chi connectivity index (χ4n) is 3.26. The topological polar surface area (TPSA) is 15.8 Å². The third-order valence-corrected chi connectivity index (χ3v) is 4.42. The minimum absolute atomic E-state index is 1.03. The highest BCUT2D eigenvalue weighted by atomic mass is 14.7. The molecular weight excluding hydrogens is 302 g/mol. The number of aromatic amines is 1. The maximum atomic E-state index is 3.61. The lowest BCUT2D eigenvalue weighted by molar-refractivity contribution is 1.38. The van der Waals surface area contributed by atoms with E-state index in [1.807, 2.05) is 36.4 Å². The molecule has 0 unspecified atom stereocenters. The molecule has 0 aliphatic heterocycles. The molecule has 0 amide bonds. The number of hydrogen-bond acceptors (Lipinski definition) is 0. The minimum atomic E-state index is 1.03. The predicted octanol–water partition coefficient (Wildman–Crippen LogP) is 5.85. The summed E-state index contributed by atoms with van der Waals surface area (Å²) in [5.41, 5.74) is 8.02. The molecule has 1 aromatic heterocycles. The van der Waals surface area contributed by atoms with Gasteiger partial charge in [0, 0.05) is 10.9 Å². The maximum absolute atomic E-state index is 3.61. The van der Waals surface area contributed by atoms with E-state index in [-0.39, 0.29) is 0 Å². The van der Waals surface area contributed by atoms with E-state index < -0.39 is 0 Å². The highest BCUT2D eigenvalue weighted by molar-refractivity contribution is 5.96. The molecule has 4 rings (SSSR count). The van der Waals surface area contributed by atoms with Gasteiger partial charge in [0.05, 0.1) is 16.8 Å². The molecule has 25 heavy (non-hydrogen) atoms. The van der Waals surface area contributed by atoms with Crippen molar-refractivity contribution in [2.24, 2.45) is 0 Å². The van der Waals surface area contributed by atoms with Gasteiger partial charge in [-0.3, -0.25) is 0 Å². The first-order valence-electron chi connectivity index (χ1n) is 8.48. The Bertz CT molecular complexity index is 1090. The Kier molecular flexibility index (Phi) is 3.88. The molecule has 0 aliphatic carbocycles. The third kappa shape index (κ3) is 2.95. The van der Waals surface area contributed by atoms with E-state index in [2.05, 4.69) is 67.1 Å². The van der Waals surface area contributed by atoms with Gasteiger partial charge in [-0.2, -0.15) is 0 Å². The number of aryl methyl sites for hydroxylation is 2. The molecule has 1 N–H and O–H groups in total. The summed E-state index contributed by atoms with van der Waals surface area (Å²) in [6, 6.07) is 25.0. The summed E-state index contributed by atoms with van der Waals surface area (Å²) < 4.78 is 0. The van der Waals surface area contributed by atoms with Gasteiger partial charge in [0.2, 0.25) is 0 Å². The third-order valence-electron chi connectivity index (χ3n) is 4.42. The first-order chi connectivity index (χ1) is 12.2. The lowest BCUT2D eigenvalue weighted by atomic mass is 10.0. The van der Waals surface area contributed by atoms with Gasteiger partial charge in [0.1, 0.15) is 0 Å². The lowest BCUT2D eigenvalue weighted by Crippen LogP contribution is -1.82. The Balaban J connectivity index is 1.99. The zero-order chi connectivity index (χ0) is 17.2. The Morgan fingerprint density at radius 3 is 2.16 bits per heavy atom. The summed E-state index contributed by atoms with van der Waals surface area (Å²) >= 11 is 0. The highest BCUT2D eigenvalue weighted by Gasteiger charge is 2.13. The molecule has 1 heteroatoms. The molecule has 1 heterocycles. The largest absolute Gasteiger partial charge is 0.353 e. The number of H-pyrrole nitrogens is 1. The quantitative estimate of drug-likeness (QED) is 0.423. The lowest BCUT2D eigenvalue weighted by Gasteiger charge is -1.99. The van der Waals surface area contributed by atoms with Crippen molar-refractivity contribution >= 4 is 10.9 Å². The van der Waals surface area contributed by atoms with Crippen LogP contribution in [0.25, 0.3) is 22.2 Å². The molecule has 0 atom stereocenters. The van der Waals surface area contributed by atoms with E-state index in [1.54, 1.807) is 0 Å². The van der Waals surface area contributed by atoms with Crippen LogP contribution in [0.3, 0.4) is 0 Å². The standard InChI is InChI=1S/C24H19N/c1-17-15-18(2)23-22(16-17)21(14-13-19-9-5-3-6-10-19)24(25-23)20-11-7-4-8-12-20/h3-12,15-16,25H,1-2H3. The summed E-state index contributed by atoms with van der Waals surface area (Å²) in [5.74, 6) is 6.74. The molecule has 0 fully saturated rings. The number of fused-ring (bicyclic) bond motifs is 1. The zero-order valence-electron chi connectivity index (χ0n) is 14.4. The van der Waals surface area contributed by atoms with E-state index in [0.29, 0.717) is 0 Å². The molecule has 120 valence electrons. The second-order valence-electron chi connectivity index (χ2n) is 6.36. The van der Waals surface area contributed by atoms with Crippen LogP contribution in [0.4, 0.5) is 0 Å². The zero-order valence-corrected chi connectivity index (χ0v) is 14.4. The summed E-state index contributed by atoms with van der Waals surface area (Å²) in [6.07, 6.45) is 0. The second kappa shape index (κ2) is 6.34. The normalized spacial score (nSPS) is 10.5. The van der Waals surface area contributed by atoms with Crippen LogP contribution in [-0.2, 0) is 0 Å². The SMILES string of the molecule is Cc1cc(C)c2[nH]c(-c3ccccc3)c(C#Cc3ccccc3)c2c1. The van der Waals surface area contributed by atoms with Crippen molar-refractivity contribution in [3.8, 4) is 23.1 Å². The van der Waals surface area contributed by atoms with Gasteiger partial charge < -0.3 is 4.98 Å². The molecule has 0 saturated heterocycles. The first-order valence-corrected chi connectivity index (χ1v) is 8.48. The number of rotatable bonds is 1. The Morgan fingerprint density at radius 2 is 1.44 bits per heavy atom. The van der Waals surface area contributed by atoms with Gasteiger partial charge in [0.15, 0.2) is 0 Å². The molecule has 4 aromatic rings. The van der Waals surface area contributed by atoms with Crippen molar-refractivity contribution in [3.05, 3.63) is 95.1 Å². The number of nitrogens with one attached hydrogen (secondary N) is 1. The molecule has 0 aliphatic rings. The van der Waals surface area contributed by atoms with E-state index in [4.69, 9.17) is 0 Å². The van der Waals surface area contributed by atoms with Crippen LogP contribution in [0, 0.1) is 25.7 Å². The fourth-order valence-corrected chi connectivity index (χ4v) is 3.26. The Morgan fingerprint density at radius 1 is 0.760 bits per heavy atom. The Labute approximate surface area is 148 Å². The van der Waals surface area contributed by atoms with E-state index in [9.17, 15) is 0 Å². The first kappa shape index (κ1) is 15.3. The van der Waals surface area contributed by atoms with Crippen LogP contribution in [0.1, 0.15) is 22.3 Å². The van der Waals surface area contributed by atoms with Crippen LogP contribution in [-0.4, -0.2) is 4.98 Å². The van der Waals surface area contributed by atoms with Crippen LogP contribution in [0.2, 0.25) is 0 Å². The number of aromatic nitrogens is 1. The van der Waals surface area contributed by atoms with Crippen molar-refractivity contribution in [3.63, 3.8) is 0 Å². The number of benzene rings is 3.